The van der Waals surface area contributed by atoms with Gasteiger partial charge in [-0.1, -0.05) is 30.3 Å². The SMILES string of the molecule is C=CCN1C(=O)/C(=C/c2ccc(OCC(=O)OC)cc2)SC1=Nc1cccc(C(C)=O)c1. The summed E-state index contributed by atoms with van der Waals surface area (Å²) in [6, 6.07) is 14.0. The number of ketones is 1. The minimum atomic E-state index is -0.466. The van der Waals surface area contributed by atoms with E-state index in [2.05, 4.69) is 16.3 Å². The first-order chi connectivity index (χ1) is 15.4. The molecule has 1 heterocycles. The standard InChI is InChI=1S/C24H22N2O5S/c1-4-12-26-23(29)21(13-17-8-10-20(11-9-17)31-15-22(28)30-3)32-24(26)25-19-7-5-6-18(14-19)16(2)27/h4-11,13-14H,1,12,15H2,2-3H3/b21-13-,25-24?. The van der Waals surface area contributed by atoms with Gasteiger partial charge in [0.2, 0.25) is 0 Å². The molecule has 1 fully saturated rings. The average molecular weight is 451 g/mol. The summed E-state index contributed by atoms with van der Waals surface area (Å²) < 4.78 is 9.88. The van der Waals surface area contributed by atoms with Crippen LogP contribution in [0.15, 0.2) is 71.1 Å². The molecule has 7 nitrogen and oxygen atoms in total. The van der Waals surface area contributed by atoms with Crippen LogP contribution in [0, 0.1) is 0 Å². The number of amides is 1. The lowest BCUT2D eigenvalue weighted by molar-refractivity contribution is -0.142. The fourth-order valence-electron chi connectivity index (χ4n) is 2.80. The van der Waals surface area contributed by atoms with Gasteiger partial charge < -0.3 is 9.47 Å². The Bertz CT molecular complexity index is 1110. The quantitative estimate of drug-likeness (QED) is 0.259. The second-order valence-corrected chi connectivity index (χ2v) is 7.76. The van der Waals surface area contributed by atoms with Crippen LogP contribution >= 0.6 is 11.8 Å². The second-order valence-electron chi connectivity index (χ2n) is 6.75. The van der Waals surface area contributed by atoms with Crippen molar-refractivity contribution >= 4 is 46.4 Å². The average Bonchev–Trinajstić information content (AvgIpc) is 3.07. The van der Waals surface area contributed by atoms with E-state index in [-0.39, 0.29) is 18.3 Å². The predicted octanol–water partition coefficient (Wildman–Crippen LogP) is 4.23. The summed E-state index contributed by atoms with van der Waals surface area (Å²) in [6.07, 6.45) is 3.40. The number of rotatable bonds is 8. The molecule has 1 amide bonds. The van der Waals surface area contributed by atoms with Crippen LogP contribution in [-0.4, -0.2) is 48.0 Å². The van der Waals surface area contributed by atoms with E-state index in [1.165, 1.54) is 30.7 Å². The number of aliphatic imine (C=N–C) groups is 1. The molecule has 0 aliphatic carbocycles. The van der Waals surface area contributed by atoms with Crippen molar-refractivity contribution in [1.82, 2.24) is 4.90 Å². The molecule has 32 heavy (non-hydrogen) atoms. The van der Waals surface area contributed by atoms with Gasteiger partial charge in [0.25, 0.3) is 5.91 Å². The van der Waals surface area contributed by atoms with Gasteiger partial charge in [0.05, 0.1) is 17.7 Å². The lowest BCUT2D eigenvalue weighted by Crippen LogP contribution is -2.29. The molecule has 1 aliphatic heterocycles. The van der Waals surface area contributed by atoms with Gasteiger partial charge in [-0.15, -0.1) is 6.58 Å². The molecule has 1 saturated heterocycles. The highest BCUT2D eigenvalue weighted by Gasteiger charge is 2.32. The highest BCUT2D eigenvalue weighted by atomic mass is 32.2. The van der Waals surface area contributed by atoms with Crippen molar-refractivity contribution in [2.24, 2.45) is 4.99 Å². The van der Waals surface area contributed by atoms with Gasteiger partial charge >= 0.3 is 5.97 Å². The van der Waals surface area contributed by atoms with Crippen LogP contribution in [0.4, 0.5) is 5.69 Å². The molecule has 164 valence electrons. The first kappa shape index (κ1) is 23.0. The van der Waals surface area contributed by atoms with E-state index in [0.29, 0.717) is 33.6 Å². The molecule has 0 spiro atoms. The summed E-state index contributed by atoms with van der Waals surface area (Å²) >= 11 is 1.25. The Labute approximate surface area is 190 Å². The molecule has 0 unspecified atom stereocenters. The van der Waals surface area contributed by atoms with Gasteiger partial charge in [-0.3, -0.25) is 14.5 Å². The summed E-state index contributed by atoms with van der Waals surface area (Å²) in [7, 11) is 1.30. The molecule has 1 aliphatic rings. The molecule has 0 saturated carbocycles. The van der Waals surface area contributed by atoms with Crippen molar-refractivity contribution in [2.45, 2.75) is 6.92 Å². The maximum atomic E-state index is 12.9. The maximum Gasteiger partial charge on any atom is 0.343 e. The number of ether oxygens (including phenoxy) is 2. The van der Waals surface area contributed by atoms with E-state index in [1.54, 1.807) is 60.7 Å². The Balaban J connectivity index is 1.82. The van der Waals surface area contributed by atoms with Crippen LogP contribution in [0.1, 0.15) is 22.8 Å². The molecule has 0 N–H and O–H groups in total. The first-order valence-electron chi connectivity index (χ1n) is 9.73. The zero-order chi connectivity index (χ0) is 23.1. The van der Waals surface area contributed by atoms with Crippen LogP contribution in [0.5, 0.6) is 5.75 Å². The minimum Gasteiger partial charge on any atom is -0.482 e. The topological polar surface area (TPSA) is 85.3 Å². The smallest absolute Gasteiger partial charge is 0.343 e. The van der Waals surface area contributed by atoms with Gasteiger partial charge in [-0.05, 0) is 54.6 Å². The normalized spacial score (nSPS) is 15.8. The number of benzene rings is 2. The van der Waals surface area contributed by atoms with Crippen LogP contribution in [-0.2, 0) is 14.3 Å². The molecule has 2 aromatic carbocycles. The van der Waals surface area contributed by atoms with Crippen molar-refractivity contribution in [2.75, 3.05) is 20.3 Å². The number of thioether (sulfide) groups is 1. The van der Waals surface area contributed by atoms with E-state index in [1.807, 2.05) is 0 Å². The lowest BCUT2D eigenvalue weighted by atomic mass is 10.1. The third-order valence-corrected chi connectivity index (χ3v) is 5.45. The Kier molecular flexibility index (Phi) is 7.62. The van der Waals surface area contributed by atoms with E-state index in [0.717, 1.165) is 5.56 Å². The Hall–Kier alpha value is -3.65. The lowest BCUT2D eigenvalue weighted by Gasteiger charge is -2.12. The molecule has 0 aromatic heterocycles. The second kappa shape index (κ2) is 10.6. The van der Waals surface area contributed by atoms with Gasteiger partial charge in [-0.2, -0.15) is 0 Å². The summed E-state index contributed by atoms with van der Waals surface area (Å²) in [4.78, 5) is 42.4. The number of amidine groups is 1. The third kappa shape index (κ3) is 5.73. The Morgan fingerprint density at radius 1 is 1.19 bits per heavy atom. The van der Waals surface area contributed by atoms with E-state index in [4.69, 9.17) is 4.74 Å². The summed E-state index contributed by atoms with van der Waals surface area (Å²) in [5.74, 6) is -0.178. The fraction of sp³-hybridized carbons (Fsp3) is 0.167. The van der Waals surface area contributed by atoms with Gasteiger partial charge in [0.15, 0.2) is 17.6 Å². The molecule has 3 rings (SSSR count). The third-order valence-electron chi connectivity index (χ3n) is 4.44. The zero-order valence-electron chi connectivity index (χ0n) is 17.7. The van der Waals surface area contributed by atoms with Crippen molar-refractivity contribution in [3.05, 3.63) is 77.2 Å². The molecule has 8 heteroatoms. The van der Waals surface area contributed by atoms with Gasteiger partial charge in [0, 0.05) is 12.1 Å². The number of carbonyl (C=O) groups is 3. The largest absolute Gasteiger partial charge is 0.482 e. The highest BCUT2D eigenvalue weighted by Crippen LogP contribution is 2.34. The zero-order valence-corrected chi connectivity index (χ0v) is 18.6. The number of hydrogen-bond donors (Lipinski definition) is 0. The molecular formula is C24H22N2O5S. The van der Waals surface area contributed by atoms with Crippen molar-refractivity contribution < 1.29 is 23.9 Å². The van der Waals surface area contributed by atoms with Gasteiger partial charge in [-0.25, -0.2) is 9.79 Å². The number of methoxy groups -OCH3 is 1. The fourth-order valence-corrected chi connectivity index (χ4v) is 3.81. The van der Waals surface area contributed by atoms with Crippen LogP contribution in [0.25, 0.3) is 6.08 Å². The summed E-state index contributed by atoms with van der Waals surface area (Å²) in [6.45, 7) is 5.36. The molecule has 0 bridgehead atoms. The number of Topliss-reactive ketones (excluding diaryl/α,β-unsaturated/α-hetero) is 1. The van der Waals surface area contributed by atoms with Crippen LogP contribution in [0.3, 0.4) is 0 Å². The monoisotopic (exact) mass is 450 g/mol. The van der Waals surface area contributed by atoms with E-state index >= 15 is 0 Å². The highest BCUT2D eigenvalue weighted by molar-refractivity contribution is 8.18. The Morgan fingerprint density at radius 3 is 2.59 bits per heavy atom. The minimum absolute atomic E-state index is 0.0512. The van der Waals surface area contributed by atoms with Crippen molar-refractivity contribution in [3.8, 4) is 5.75 Å². The number of carbonyl (C=O) groups excluding carboxylic acids is 3. The van der Waals surface area contributed by atoms with Gasteiger partial charge in [0.1, 0.15) is 5.75 Å². The molecule has 0 atom stereocenters. The number of esters is 1. The first-order valence-corrected chi connectivity index (χ1v) is 10.5. The van der Waals surface area contributed by atoms with Crippen molar-refractivity contribution in [1.29, 1.82) is 0 Å². The van der Waals surface area contributed by atoms with E-state index in [9.17, 15) is 14.4 Å². The Morgan fingerprint density at radius 2 is 1.94 bits per heavy atom. The van der Waals surface area contributed by atoms with Crippen molar-refractivity contribution in [3.63, 3.8) is 0 Å². The number of hydrogen-bond acceptors (Lipinski definition) is 7. The molecular weight excluding hydrogens is 428 g/mol. The van der Waals surface area contributed by atoms with Crippen LogP contribution < -0.4 is 4.74 Å². The summed E-state index contributed by atoms with van der Waals surface area (Å²) in [5.41, 5.74) is 1.95. The van der Waals surface area contributed by atoms with Crippen LogP contribution in [0.2, 0.25) is 0 Å². The molecule has 2 aromatic rings. The molecule has 0 radical (unpaired) electrons. The van der Waals surface area contributed by atoms with E-state index < -0.39 is 5.97 Å². The predicted molar refractivity (Wildman–Crippen MR) is 125 cm³/mol. The maximum absolute atomic E-state index is 12.9. The number of nitrogens with zero attached hydrogens (tertiary/aromatic N) is 2. The summed E-state index contributed by atoms with van der Waals surface area (Å²) in [5, 5.41) is 0.514.